The lowest BCUT2D eigenvalue weighted by Gasteiger charge is -2.38. The molecule has 1 aromatic carbocycles. The standard InChI is InChI=1S/C17H26N2O/c1-12(2)16(14-8-6-5-7-9-14)19(4)17(20)13(3)15-10-18-11-15/h5-9,12-13,15-16,18H,10-11H2,1-4H3. The number of amides is 1. The zero-order valence-electron chi connectivity index (χ0n) is 13.0. The number of hydrogen-bond acceptors (Lipinski definition) is 2. The van der Waals surface area contributed by atoms with Crippen LogP contribution in [-0.4, -0.2) is 30.9 Å². The van der Waals surface area contributed by atoms with Crippen molar-refractivity contribution in [3.63, 3.8) is 0 Å². The third-order valence-electron chi connectivity index (χ3n) is 4.45. The van der Waals surface area contributed by atoms with Gasteiger partial charge in [0.25, 0.3) is 0 Å². The van der Waals surface area contributed by atoms with Crippen LogP contribution in [0.15, 0.2) is 30.3 Å². The van der Waals surface area contributed by atoms with Gasteiger partial charge in [-0.1, -0.05) is 51.1 Å². The van der Waals surface area contributed by atoms with Crippen LogP contribution in [0.3, 0.4) is 0 Å². The summed E-state index contributed by atoms with van der Waals surface area (Å²) in [4.78, 5) is 14.6. The second-order valence-electron chi connectivity index (χ2n) is 6.26. The van der Waals surface area contributed by atoms with Crippen molar-refractivity contribution in [1.29, 1.82) is 0 Å². The lowest BCUT2D eigenvalue weighted by atomic mass is 9.86. The SMILES string of the molecule is CC(C)C(c1ccccc1)N(C)C(=O)C(C)C1CNC1. The minimum atomic E-state index is 0.103. The first-order valence-electron chi connectivity index (χ1n) is 7.54. The minimum absolute atomic E-state index is 0.103. The molecule has 0 radical (unpaired) electrons. The fourth-order valence-corrected chi connectivity index (χ4v) is 3.03. The van der Waals surface area contributed by atoms with E-state index >= 15 is 0 Å². The molecule has 1 N–H and O–H groups in total. The first-order valence-corrected chi connectivity index (χ1v) is 7.54. The number of carbonyl (C=O) groups is 1. The molecule has 0 aliphatic carbocycles. The zero-order chi connectivity index (χ0) is 14.7. The fraction of sp³-hybridized carbons (Fsp3) is 0.588. The Bertz CT molecular complexity index is 440. The van der Waals surface area contributed by atoms with Gasteiger partial charge in [-0.05, 0) is 30.5 Å². The van der Waals surface area contributed by atoms with Crippen LogP contribution >= 0.6 is 0 Å². The van der Waals surface area contributed by atoms with Gasteiger partial charge in [0.05, 0.1) is 6.04 Å². The van der Waals surface area contributed by atoms with E-state index in [-0.39, 0.29) is 17.9 Å². The molecule has 1 heterocycles. The predicted octanol–water partition coefficient (Wildman–Crippen LogP) is 2.70. The number of nitrogens with zero attached hydrogens (tertiary/aromatic N) is 1. The van der Waals surface area contributed by atoms with Crippen LogP contribution < -0.4 is 5.32 Å². The Morgan fingerprint density at radius 3 is 2.25 bits per heavy atom. The van der Waals surface area contributed by atoms with Gasteiger partial charge in [-0.3, -0.25) is 4.79 Å². The fourth-order valence-electron chi connectivity index (χ4n) is 3.03. The first-order chi connectivity index (χ1) is 9.52. The number of rotatable bonds is 5. The molecule has 2 atom stereocenters. The van der Waals surface area contributed by atoms with E-state index in [0.29, 0.717) is 11.8 Å². The van der Waals surface area contributed by atoms with Crippen molar-refractivity contribution in [2.24, 2.45) is 17.8 Å². The van der Waals surface area contributed by atoms with E-state index in [1.165, 1.54) is 5.56 Å². The van der Waals surface area contributed by atoms with Crippen LogP contribution in [0.4, 0.5) is 0 Å². The molecule has 0 saturated carbocycles. The normalized spacial score (nSPS) is 18.4. The lowest BCUT2D eigenvalue weighted by molar-refractivity contribution is -0.139. The molecule has 0 aromatic heterocycles. The number of carbonyl (C=O) groups excluding carboxylic acids is 1. The summed E-state index contributed by atoms with van der Waals surface area (Å²) < 4.78 is 0. The van der Waals surface area contributed by atoms with Gasteiger partial charge in [-0.2, -0.15) is 0 Å². The highest BCUT2D eigenvalue weighted by Gasteiger charge is 2.33. The van der Waals surface area contributed by atoms with Crippen LogP contribution in [0.1, 0.15) is 32.4 Å². The van der Waals surface area contributed by atoms with E-state index in [1.54, 1.807) is 0 Å². The molecule has 2 rings (SSSR count). The van der Waals surface area contributed by atoms with Gasteiger partial charge < -0.3 is 10.2 Å². The summed E-state index contributed by atoms with van der Waals surface area (Å²) >= 11 is 0. The monoisotopic (exact) mass is 274 g/mol. The molecule has 1 amide bonds. The van der Waals surface area contributed by atoms with E-state index in [2.05, 4.69) is 38.2 Å². The van der Waals surface area contributed by atoms with Crippen molar-refractivity contribution in [2.75, 3.05) is 20.1 Å². The van der Waals surface area contributed by atoms with E-state index in [0.717, 1.165) is 13.1 Å². The van der Waals surface area contributed by atoms with Gasteiger partial charge in [-0.15, -0.1) is 0 Å². The highest BCUT2D eigenvalue weighted by atomic mass is 16.2. The molecule has 2 unspecified atom stereocenters. The maximum Gasteiger partial charge on any atom is 0.226 e. The molecule has 110 valence electrons. The maximum absolute atomic E-state index is 12.7. The van der Waals surface area contributed by atoms with E-state index in [9.17, 15) is 4.79 Å². The summed E-state index contributed by atoms with van der Waals surface area (Å²) in [6.45, 7) is 8.36. The first kappa shape index (κ1) is 15.0. The number of hydrogen-bond donors (Lipinski definition) is 1. The summed E-state index contributed by atoms with van der Waals surface area (Å²) in [6, 6.07) is 10.5. The predicted molar refractivity (Wildman–Crippen MR) is 82.3 cm³/mol. The molecule has 1 aliphatic rings. The molecule has 0 bridgehead atoms. The summed E-state index contributed by atoms with van der Waals surface area (Å²) in [5, 5.41) is 3.25. The summed E-state index contributed by atoms with van der Waals surface area (Å²) in [5.74, 6) is 1.26. The highest BCUT2D eigenvalue weighted by molar-refractivity contribution is 5.79. The molecule has 1 aliphatic heterocycles. The Balaban J connectivity index is 2.14. The molecule has 0 spiro atoms. The van der Waals surface area contributed by atoms with E-state index in [1.807, 2.05) is 30.1 Å². The molecule has 3 heteroatoms. The molecule has 1 saturated heterocycles. The molecule has 1 aromatic rings. The number of nitrogens with one attached hydrogen (secondary N) is 1. The van der Waals surface area contributed by atoms with Crippen molar-refractivity contribution < 1.29 is 4.79 Å². The quantitative estimate of drug-likeness (QED) is 0.895. The topological polar surface area (TPSA) is 32.3 Å². The third kappa shape index (κ3) is 3.04. The van der Waals surface area contributed by atoms with Crippen LogP contribution in [0, 0.1) is 17.8 Å². The Labute approximate surface area is 122 Å². The lowest BCUT2D eigenvalue weighted by Crippen LogP contribution is -2.50. The molecular weight excluding hydrogens is 248 g/mol. The largest absolute Gasteiger partial charge is 0.338 e. The molecular formula is C17H26N2O. The van der Waals surface area contributed by atoms with Gasteiger partial charge in [0.2, 0.25) is 5.91 Å². The Morgan fingerprint density at radius 2 is 1.80 bits per heavy atom. The van der Waals surface area contributed by atoms with Crippen molar-refractivity contribution in [1.82, 2.24) is 10.2 Å². The van der Waals surface area contributed by atoms with Crippen LogP contribution in [0.5, 0.6) is 0 Å². The van der Waals surface area contributed by atoms with Gasteiger partial charge >= 0.3 is 0 Å². The zero-order valence-corrected chi connectivity index (χ0v) is 13.0. The third-order valence-corrected chi connectivity index (χ3v) is 4.45. The minimum Gasteiger partial charge on any atom is -0.338 e. The van der Waals surface area contributed by atoms with Gasteiger partial charge in [0, 0.05) is 13.0 Å². The van der Waals surface area contributed by atoms with Crippen LogP contribution in [0.25, 0.3) is 0 Å². The summed E-state index contributed by atoms with van der Waals surface area (Å²) in [7, 11) is 1.95. The van der Waals surface area contributed by atoms with Crippen LogP contribution in [-0.2, 0) is 4.79 Å². The average molecular weight is 274 g/mol. The number of benzene rings is 1. The molecule has 3 nitrogen and oxygen atoms in total. The Morgan fingerprint density at radius 1 is 1.20 bits per heavy atom. The summed E-state index contributed by atoms with van der Waals surface area (Å²) in [6.07, 6.45) is 0. The van der Waals surface area contributed by atoms with Gasteiger partial charge in [-0.25, -0.2) is 0 Å². The van der Waals surface area contributed by atoms with Crippen molar-refractivity contribution in [2.45, 2.75) is 26.8 Å². The van der Waals surface area contributed by atoms with Gasteiger partial charge in [0.15, 0.2) is 0 Å². The molecule has 1 fully saturated rings. The van der Waals surface area contributed by atoms with Crippen LogP contribution in [0.2, 0.25) is 0 Å². The average Bonchev–Trinajstić information content (AvgIpc) is 2.36. The van der Waals surface area contributed by atoms with E-state index in [4.69, 9.17) is 0 Å². The Kier molecular flexibility index (Phi) is 4.81. The highest BCUT2D eigenvalue weighted by Crippen LogP contribution is 2.30. The Hall–Kier alpha value is -1.35. The van der Waals surface area contributed by atoms with Crippen molar-refractivity contribution >= 4 is 5.91 Å². The maximum atomic E-state index is 12.7. The molecule has 20 heavy (non-hydrogen) atoms. The summed E-state index contributed by atoms with van der Waals surface area (Å²) in [5.41, 5.74) is 1.22. The van der Waals surface area contributed by atoms with Crippen molar-refractivity contribution in [3.8, 4) is 0 Å². The smallest absolute Gasteiger partial charge is 0.226 e. The van der Waals surface area contributed by atoms with E-state index < -0.39 is 0 Å². The van der Waals surface area contributed by atoms with Crippen molar-refractivity contribution in [3.05, 3.63) is 35.9 Å². The van der Waals surface area contributed by atoms with Gasteiger partial charge in [0.1, 0.15) is 0 Å². The second-order valence-corrected chi connectivity index (χ2v) is 6.26. The second kappa shape index (κ2) is 6.40.